The monoisotopic (exact) mass is 344 g/mol. The van der Waals surface area contributed by atoms with Gasteiger partial charge in [-0.3, -0.25) is 4.90 Å². The van der Waals surface area contributed by atoms with Gasteiger partial charge in [-0.25, -0.2) is 4.39 Å². The lowest BCUT2D eigenvalue weighted by molar-refractivity contribution is -0.138. The zero-order valence-corrected chi connectivity index (χ0v) is 13.1. The van der Waals surface area contributed by atoms with Gasteiger partial charge >= 0.3 is 6.18 Å². The maximum atomic E-state index is 13.7. The summed E-state index contributed by atoms with van der Waals surface area (Å²) in [6.45, 7) is 2.65. The van der Waals surface area contributed by atoms with Gasteiger partial charge in [-0.2, -0.15) is 24.5 Å². The van der Waals surface area contributed by atoms with E-state index in [0.717, 1.165) is 23.8 Å². The molecule has 0 saturated carbocycles. The van der Waals surface area contributed by atoms with Gasteiger partial charge in [-0.15, -0.1) is 0 Å². The molecule has 0 radical (unpaired) electrons. The van der Waals surface area contributed by atoms with E-state index >= 15 is 0 Å². The van der Waals surface area contributed by atoms with Crippen LogP contribution < -0.4 is 5.32 Å². The van der Waals surface area contributed by atoms with Gasteiger partial charge in [-0.1, -0.05) is 0 Å². The lowest BCUT2D eigenvalue weighted by atomic mass is 9.93. The van der Waals surface area contributed by atoms with Crippen LogP contribution in [-0.4, -0.2) is 31.1 Å². The normalized spacial score (nSPS) is 18.1. The van der Waals surface area contributed by atoms with Crippen LogP contribution in [0.4, 0.5) is 17.6 Å². The molecule has 1 aliphatic heterocycles. The minimum Gasteiger partial charge on any atom is -0.314 e. The van der Waals surface area contributed by atoms with E-state index < -0.39 is 23.6 Å². The maximum Gasteiger partial charge on any atom is 0.416 e. The summed E-state index contributed by atoms with van der Waals surface area (Å²) in [6.07, 6.45) is -4.51. The minimum absolute atomic E-state index is 0.0159. The molecule has 0 amide bonds. The fourth-order valence-electron chi connectivity index (χ4n) is 2.98. The van der Waals surface area contributed by atoms with Crippen LogP contribution in [0, 0.1) is 5.82 Å². The Morgan fingerprint density at radius 3 is 2.48 bits per heavy atom. The Kier molecular flexibility index (Phi) is 4.70. The number of nitrogens with one attached hydrogen (secondary N) is 1. The van der Waals surface area contributed by atoms with E-state index in [2.05, 4.69) is 5.32 Å². The van der Waals surface area contributed by atoms with Gasteiger partial charge < -0.3 is 5.32 Å². The minimum atomic E-state index is -4.51. The van der Waals surface area contributed by atoms with Crippen LogP contribution in [0.1, 0.15) is 22.7 Å². The van der Waals surface area contributed by atoms with Crippen molar-refractivity contribution in [3.05, 3.63) is 57.5 Å². The number of thiophene rings is 1. The molecule has 2 heterocycles. The highest BCUT2D eigenvalue weighted by Gasteiger charge is 2.37. The molecule has 0 unspecified atom stereocenters. The summed E-state index contributed by atoms with van der Waals surface area (Å²) in [4.78, 5) is 1.97. The fourth-order valence-corrected chi connectivity index (χ4v) is 3.65. The van der Waals surface area contributed by atoms with Crippen molar-refractivity contribution in [1.82, 2.24) is 10.2 Å². The van der Waals surface area contributed by atoms with E-state index in [1.807, 2.05) is 21.7 Å². The molecule has 1 N–H and O–H groups in total. The molecular weight excluding hydrogens is 328 g/mol. The summed E-state index contributed by atoms with van der Waals surface area (Å²) in [5, 5.41) is 6.85. The number of rotatable bonds is 3. The highest BCUT2D eigenvalue weighted by Crippen LogP contribution is 2.40. The van der Waals surface area contributed by atoms with Crippen molar-refractivity contribution in [2.75, 3.05) is 26.2 Å². The first-order valence-electron chi connectivity index (χ1n) is 7.30. The summed E-state index contributed by atoms with van der Waals surface area (Å²) >= 11 is 1.43. The van der Waals surface area contributed by atoms with Crippen LogP contribution in [0.15, 0.2) is 35.0 Å². The van der Waals surface area contributed by atoms with E-state index in [9.17, 15) is 17.6 Å². The van der Waals surface area contributed by atoms with Gasteiger partial charge in [0.25, 0.3) is 0 Å². The van der Waals surface area contributed by atoms with E-state index in [4.69, 9.17) is 0 Å². The molecule has 1 aromatic carbocycles. The lowest BCUT2D eigenvalue weighted by Crippen LogP contribution is -2.45. The first-order chi connectivity index (χ1) is 11.0. The van der Waals surface area contributed by atoms with Crippen LogP contribution in [0.2, 0.25) is 0 Å². The largest absolute Gasteiger partial charge is 0.416 e. The van der Waals surface area contributed by atoms with E-state index in [-0.39, 0.29) is 5.56 Å². The fraction of sp³-hybridized carbons (Fsp3) is 0.375. The van der Waals surface area contributed by atoms with Crippen molar-refractivity contribution < 1.29 is 17.6 Å². The van der Waals surface area contributed by atoms with Crippen LogP contribution in [-0.2, 0) is 6.18 Å². The third-order valence-corrected chi connectivity index (χ3v) is 4.69. The van der Waals surface area contributed by atoms with Crippen molar-refractivity contribution in [3.63, 3.8) is 0 Å². The molecule has 7 heteroatoms. The van der Waals surface area contributed by atoms with E-state index in [1.54, 1.807) is 0 Å². The van der Waals surface area contributed by atoms with Gasteiger partial charge in [0.15, 0.2) is 0 Å². The van der Waals surface area contributed by atoms with E-state index in [0.29, 0.717) is 26.2 Å². The van der Waals surface area contributed by atoms with Gasteiger partial charge in [0.2, 0.25) is 0 Å². The summed E-state index contributed by atoms with van der Waals surface area (Å²) in [5.74, 6) is -0.650. The Morgan fingerprint density at radius 1 is 1.13 bits per heavy atom. The summed E-state index contributed by atoms with van der Waals surface area (Å²) < 4.78 is 53.9. The van der Waals surface area contributed by atoms with E-state index in [1.165, 1.54) is 11.3 Å². The zero-order valence-electron chi connectivity index (χ0n) is 12.2. The molecule has 2 nitrogen and oxygen atoms in total. The van der Waals surface area contributed by atoms with Gasteiger partial charge in [-0.05, 0) is 46.2 Å². The molecule has 124 valence electrons. The molecule has 1 atom stereocenters. The average molecular weight is 344 g/mol. The van der Waals surface area contributed by atoms with Crippen LogP contribution in [0.5, 0.6) is 0 Å². The third-order valence-electron chi connectivity index (χ3n) is 3.99. The molecule has 1 aromatic heterocycles. The third kappa shape index (κ3) is 3.57. The first kappa shape index (κ1) is 16.4. The molecule has 1 saturated heterocycles. The Bertz CT molecular complexity index is 649. The predicted octanol–water partition coefficient (Wildman–Crippen LogP) is 3.90. The molecule has 3 rings (SSSR count). The summed E-state index contributed by atoms with van der Waals surface area (Å²) in [7, 11) is 0. The van der Waals surface area contributed by atoms with Crippen LogP contribution in [0.3, 0.4) is 0 Å². The first-order valence-corrected chi connectivity index (χ1v) is 8.24. The molecule has 23 heavy (non-hydrogen) atoms. The highest BCUT2D eigenvalue weighted by molar-refractivity contribution is 7.08. The van der Waals surface area contributed by atoms with Gasteiger partial charge in [0.05, 0.1) is 11.6 Å². The number of hydrogen-bond acceptors (Lipinski definition) is 3. The predicted molar refractivity (Wildman–Crippen MR) is 82.0 cm³/mol. The number of halogens is 4. The van der Waals surface area contributed by atoms with Crippen LogP contribution >= 0.6 is 11.3 Å². The second-order valence-corrected chi connectivity index (χ2v) is 6.25. The smallest absolute Gasteiger partial charge is 0.314 e. The van der Waals surface area contributed by atoms with Gasteiger partial charge in [0, 0.05) is 26.2 Å². The molecular formula is C16H16F4N2S. The quantitative estimate of drug-likeness (QED) is 0.850. The molecule has 0 spiro atoms. The zero-order chi connectivity index (χ0) is 16.4. The summed E-state index contributed by atoms with van der Waals surface area (Å²) in [5.41, 5.74) is -0.0144. The Labute approximate surface area is 135 Å². The maximum absolute atomic E-state index is 13.7. The lowest BCUT2D eigenvalue weighted by Gasteiger charge is -2.36. The van der Waals surface area contributed by atoms with Crippen molar-refractivity contribution in [2.24, 2.45) is 0 Å². The number of hydrogen-bond donors (Lipinski definition) is 1. The Hall–Kier alpha value is -1.44. The number of nitrogens with zero attached hydrogens (tertiary/aromatic N) is 1. The molecule has 0 aliphatic carbocycles. The number of benzene rings is 1. The number of alkyl halides is 3. The van der Waals surface area contributed by atoms with Crippen molar-refractivity contribution in [3.8, 4) is 0 Å². The van der Waals surface area contributed by atoms with Gasteiger partial charge in [0.1, 0.15) is 5.82 Å². The van der Waals surface area contributed by atoms with Crippen molar-refractivity contribution in [1.29, 1.82) is 0 Å². The Balaban J connectivity index is 2.11. The molecule has 1 aliphatic rings. The highest BCUT2D eigenvalue weighted by atomic mass is 32.1. The molecule has 1 fully saturated rings. The Morgan fingerprint density at radius 2 is 1.87 bits per heavy atom. The van der Waals surface area contributed by atoms with Crippen LogP contribution in [0.25, 0.3) is 0 Å². The SMILES string of the molecule is Fc1ccc(C(F)(F)F)c([C@H](c2ccsc2)N2CCNCC2)c1. The topological polar surface area (TPSA) is 15.3 Å². The molecule has 0 bridgehead atoms. The van der Waals surface area contributed by atoms with Crippen molar-refractivity contribution >= 4 is 11.3 Å². The average Bonchev–Trinajstić information content (AvgIpc) is 3.01. The van der Waals surface area contributed by atoms with Crippen molar-refractivity contribution in [2.45, 2.75) is 12.2 Å². The molecule has 2 aromatic rings. The standard InChI is InChI=1S/C16H16F4N2S/c17-12-1-2-14(16(18,19)20)13(9-12)15(11-3-8-23-10-11)22-6-4-21-5-7-22/h1-3,8-10,15,21H,4-7H2/t15-/m0/s1. The second kappa shape index (κ2) is 6.59. The number of piperazine rings is 1. The summed E-state index contributed by atoms with van der Waals surface area (Å²) in [6, 6.07) is 3.95. The second-order valence-electron chi connectivity index (χ2n) is 5.47.